The highest BCUT2D eigenvalue weighted by Gasteiger charge is 2.43. The summed E-state index contributed by atoms with van der Waals surface area (Å²) in [5, 5.41) is 0. The molecule has 2 rings (SSSR count). The normalized spacial score (nSPS) is 25.8. The van der Waals surface area contributed by atoms with E-state index in [9.17, 15) is 4.79 Å². The minimum atomic E-state index is -0.0394. The molecule has 0 spiro atoms. The molecule has 1 fully saturated rings. The second-order valence-electron chi connectivity index (χ2n) is 3.57. The lowest BCUT2D eigenvalue weighted by Gasteiger charge is -2.44. The Morgan fingerprint density at radius 3 is 2.57 bits per heavy atom. The van der Waals surface area contributed by atoms with Crippen LogP contribution in [0.15, 0.2) is 43.0 Å². The van der Waals surface area contributed by atoms with E-state index in [0.717, 1.165) is 0 Å². The Morgan fingerprint density at radius 2 is 2.00 bits per heavy atom. The number of nitrogens with zero attached hydrogens (tertiary/aromatic N) is 1. The van der Waals surface area contributed by atoms with Crippen molar-refractivity contribution in [3.63, 3.8) is 0 Å². The molecular weight excluding hydrogens is 174 g/mol. The largest absolute Gasteiger partial charge is 0.337 e. The van der Waals surface area contributed by atoms with Crippen LogP contribution >= 0.6 is 0 Å². The minimum absolute atomic E-state index is 0.0394. The lowest BCUT2D eigenvalue weighted by Crippen LogP contribution is -2.51. The van der Waals surface area contributed by atoms with Crippen molar-refractivity contribution >= 4 is 5.91 Å². The fourth-order valence-corrected chi connectivity index (χ4v) is 1.98. The maximum Gasteiger partial charge on any atom is 0.232 e. The number of β-lactam (4-membered cyclic amide) rings is 1. The van der Waals surface area contributed by atoms with Crippen molar-refractivity contribution < 1.29 is 4.79 Å². The summed E-state index contributed by atoms with van der Waals surface area (Å²) in [6.45, 7) is 3.70. The molecule has 1 aliphatic rings. The van der Waals surface area contributed by atoms with Gasteiger partial charge in [0.05, 0.1) is 12.0 Å². The van der Waals surface area contributed by atoms with Gasteiger partial charge in [-0.25, -0.2) is 0 Å². The molecule has 1 saturated heterocycles. The van der Waals surface area contributed by atoms with E-state index in [0.29, 0.717) is 0 Å². The van der Waals surface area contributed by atoms with Gasteiger partial charge >= 0.3 is 0 Å². The summed E-state index contributed by atoms with van der Waals surface area (Å²) in [6, 6.07) is 10.2. The van der Waals surface area contributed by atoms with Crippen molar-refractivity contribution in [2.24, 2.45) is 5.92 Å². The Morgan fingerprint density at radius 1 is 1.36 bits per heavy atom. The average Bonchev–Trinajstić information content (AvgIpc) is 2.25. The molecule has 1 aromatic rings. The fourth-order valence-electron chi connectivity index (χ4n) is 1.98. The van der Waals surface area contributed by atoms with E-state index >= 15 is 0 Å². The molecule has 72 valence electrons. The average molecular weight is 187 g/mol. The number of amides is 1. The topological polar surface area (TPSA) is 20.3 Å². The van der Waals surface area contributed by atoms with Crippen LogP contribution < -0.4 is 0 Å². The Hall–Kier alpha value is -1.57. The first-order chi connectivity index (χ1) is 6.75. The maximum absolute atomic E-state index is 11.4. The minimum Gasteiger partial charge on any atom is -0.337 e. The number of rotatable bonds is 2. The lowest BCUT2D eigenvalue weighted by molar-refractivity contribution is -0.150. The summed E-state index contributed by atoms with van der Waals surface area (Å²) in [6.07, 6.45) is 1.74. The van der Waals surface area contributed by atoms with E-state index in [1.54, 1.807) is 11.0 Å². The van der Waals surface area contributed by atoms with Crippen LogP contribution in [0.25, 0.3) is 0 Å². The summed E-state index contributed by atoms with van der Waals surface area (Å²) in [5.74, 6) is 0.122. The molecule has 2 nitrogen and oxygen atoms in total. The first-order valence-corrected chi connectivity index (χ1v) is 4.70. The summed E-state index contributed by atoms with van der Waals surface area (Å²) in [5.41, 5.74) is 1.18. The molecule has 0 radical (unpaired) electrons. The van der Waals surface area contributed by atoms with E-state index < -0.39 is 0 Å². The van der Waals surface area contributed by atoms with Gasteiger partial charge in [0.15, 0.2) is 0 Å². The van der Waals surface area contributed by atoms with E-state index in [1.807, 2.05) is 37.4 Å². The number of carbonyl (C=O) groups excluding carboxylic acids is 1. The first-order valence-electron chi connectivity index (χ1n) is 4.70. The van der Waals surface area contributed by atoms with E-state index in [2.05, 4.69) is 6.58 Å². The molecule has 14 heavy (non-hydrogen) atoms. The second kappa shape index (κ2) is 3.29. The van der Waals surface area contributed by atoms with E-state index in [1.165, 1.54) is 5.56 Å². The van der Waals surface area contributed by atoms with Gasteiger partial charge in [-0.3, -0.25) is 4.79 Å². The molecule has 2 atom stereocenters. The third kappa shape index (κ3) is 1.15. The van der Waals surface area contributed by atoms with Gasteiger partial charge in [-0.2, -0.15) is 0 Å². The second-order valence-corrected chi connectivity index (χ2v) is 3.57. The highest BCUT2D eigenvalue weighted by molar-refractivity contribution is 5.87. The highest BCUT2D eigenvalue weighted by atomic mass is 16.2. The molecule has 0 aliphatic carbocycles. The van der Waals surface area contributed by atoms with Crippen LogP contribution in [0.5, 0.6) is 0 Å². The highest BCUT2D eigenvalue weighted by Crippen LogP contribution is 2.38. The van der Waals surface area contributed by atoms with E-state index in [4.69, 9.17) is 0 Å². The zero-order valence-electron chi connectivity index (χ0n) is 8.18. The predicted molar refractivity (Wildman–Crippen MR) is 55.6 cm³/mol. The number of likely N-dealkylation sites (tertiary alicyclic amines) is 1. The third-order valence-corrected chi connectivity index (χ3v) is 2.79. The number of hydrogen-bond donors (Lipinski definition) is 0. The van der Waals surface area contributed by atoms with Crippen molar-refractivity contribution in [1.29, 1.82) is 0 Å². The zero-order chi connectivity index (χ0) is 10.1. The maximum atomic E-state index is 11.4. The number of hydrogen-bond acceptors (Lipinski definition) is 1. The van der Waals surface area contributed by atoms with Crippen LogP contribution in [-0.2, 0) is 4.79 Å². The SMILES string of the molecule is C=C[C@@H]1C(=O)N(C)[C@@H]1c1ccccc1. The Bertz CT molecular complexity index is 358. The van der Waals surface area contributed by atoms with Crippen LogP contribution in [0, 0.1) is 5.92 Å². The van der Waals surface area contributed by atoms with Crippen LogP contribution in [0.1, 0.15) is 11.6 Å². The lowest BCUT2D eigenvalue weighted by atomic mass is 9.83. The van der Waals surface area contributed by atoms with Gasteiger partial charge in [-0.15, -0.1) is 6.58 Å². The van der Waals surface area contributed by atoms with Crippen LogP contribution in [0.2, 0.25) is 0 Å². The van der Waals surface area contributed by atoms with Crippen molar-refractivity contribution in [2.45, 2.75) is 6.04 Å². The predicted octanol–water partition coefficient (Wildman–Crippen LogP) is 2.00. The summed E-state index contributed by atoms with van der Waals surface area (Å²) in [4.78, 5) is 13.2. The molecule has 0 N–H and O–H groups in total. The quantitative estimate of drug-likeness (QED) is 0.512. The van der Waals surface area contributed by atoms with Crippen LogP contribution in [0.3, 0.4) is 0 Å². The van der Waals surface area contributed by atoms with Crippen molar-refractivity contribution in [2.75, 3.05) is 7.05 Å². The molecular formula is C12H13NO. The summed E-state index contributed by atoms with van der Waals surface area (Å²) < 4.78 is 0. The van der Waals surface area contributed by atoms with E-state index in [-0.39, 0.29) is 17.9 Å². The van der Waals surface area contributed by atoms with Gasteiger partial charge in [0.1, 0.15) is 0 Å². The number of carbonyl (C=O) groups is 1. The molecule has 1 amide bonds. The zero-order valence-corrected chi connectivity index (χ0v) is 8.18. The Balaban J connectivity index is 2.28. The van der Waals surface area contributed by atoms with Crippen LogP contribution in [-0.4, -0.2) is 17.9 Å². The molecule has 0 aromatic heterocycles. The first kappa shape index (κ1) is 9.00. The molecule has 1 aliphatic heterocycles. The summed E-state index contributed by atoms with van der Waals surface area (Å²) in [7, 11) is 1.83. The van der Waals surface area contributed by atoms with Gasteiger partial charge in [0.25, 0.3) is 0 Å². The third-order valence-electron chi connectivity index (χ3n) is 2.79. The molecule has 0 bridgehead atoms. The van der Waals surface area contributed by atoms with Gasteiger partial charge in [0.2, 0.25) is 5.91 Å². The van der Waals surface area contributed by atoms with Crippen molar-refractivity contribution in [1.82, 2.24) is 4.90 Å². The Labute approximate surface area is 83.8 Å². The summed E-state index contributed by atoms with van der Waals surface area (Å²) >= 11 is 0. The molecule has 2 heteroatoms. The molecule has 0 unspecified atom stereocenters. The smallest absolute Gasteiger partial charge is 0.232 e. The fraction of sp³-hybridized carbons (Fsp3) is 0.250. The molecule has 0 saturated carbocycles. The van der Waals surface area contributed by atoms with Gasteiger partial charge < -0.3 is 4.90 Å². The Kier molecular flexibility index (Phi) is 2.12. The van der Waals surface area contributed by atoms with Gasteiger partial charge in [-0.1, -0.05) is 36.4 Å². The van der Waals surface area contributed by atoms with Crippen molar-refractivity contribution in [3.8, 4) is 0 Å². The monoisotopic (exact) mass is 187 g/mol. The van der Waals surface area contributed by atoms with Gasteiger partial charge in [-0.05, 0) is 5.56 Å². The molecule has 1 heterocycles. The van der Waals surface area contributed by atoms with Crippen LogP contribution in [0.4, 0.5) is 0 Å². The standard InChI is InChI=1S/C12H13NO/c1-3-10-11(13(2)12(10)14)9-7-5-4-6-8-9/h3-8,10-11H,1H2,2H3/t10-,11+/m0/s1. The molecule has 1 aromatic carbocycles. The van der Waals surface area contributed by atoms with Gasteiger partial charge in [0, 0.05) is 7.05 Å². The number of benzene rings is 1. The van der Waals surface area contributed by atoms with Crippen molar-refractivity contribution in [3.05, 3.63) is 48.6 Å².